The summed E-state index contributed by atoms with van der Waals surface area (Å²) in [5.41, 5.74) is 0.926. The van der Waals surface area contributed by atoms with Gasteiger partial charge < -0.3 is 5.32 Å². The number of anilines is 2. The maximum absolute atomic E-state index is 12.2. The van der Waals surface area contributed by atoms with Gasteiger partial charge in [-0.15, -0.1) is 0 Å². The SMILES string of the molecule is O=S(=O)(Nc1ccc(NC2CCCC2)cn1)c1ccccc1. The minimum Gasteiger partial charge on any atom is -0.381 e. The average Bonchev–Trinajstić information content (AvgIpc) is 3.03. The summed E-state index contributed by atoms with van der Waals surface area (Å²) in [6, 6.07) is 12.3. The Kier molecular flexibility index (Phi) is 4.29. The first-order valence-electron chi connectivity index (χ1n) is 7.44. The molecule has 0 spiro atoms. The zero-order chi connectivity index (χ0) is 15.4. The summed E-state index contributed by atoms with van der Waals surface area (Å²) in [6.45, 7) is 0. The molecule has 1 aliphatic rings. The summed E-state index contributed by atoms with van der Waals surface area (Å²) in [5.74, 6) is 0.320. The molecule has 0 radical (unpaired) electrons. The molecule has 0 aliphatic heterocycles. The maximum Gasteiger partial charge on any atom is 0.263 e. The summed E-state index contributed by atoms with van der Waals surface area (Å²) in [4.78, 5) is 4.41. The number of nitrogens with one attached hydrogen (secondary N) is 2. The summed E-state index contributed by atoms with van der Waals surface area (Å²) in [6.07, 6.45) is 6.56. The molecular weight excluding hydrogens is 298 g/mol. The van der Waals surface area contributed by atoms with Gasteiger partial charge in [-0.1, -0.05) is 31.0 Å². The molecule has 1 fully saturated rings. The first kappa shape index (κ1) is 14.8. The number of nitrogens with zero attached hydrogens (tertiary/aromatic N) is 1. The van der Waals surface area contributed by atoms with Crippen LogP contribution in [0.2, 0.25) is 0 Å². The van der Waals surface area contributed by atoms with Gasteiger partial charge >= 0.3 is 0 Å². The van der Waals surface area contributed by atoms with Gasteiger partial charge in [-0.25, -0.2) is 13.4 Å². The summed E-state index contributed by atoms with van der Waals surface area (Å²) in [7, 11) is -3.58. The minimum absolute atomic E-state index is 0.227. The third-order valence-corrected chi connectivity index (χ3v) is 5.15. The van der Waals surface area contributed by atoms with Crippen LogP contribution in [0, 0.1) is 0 Å². The quantitative estimate of drug-likeness (QED) is 0.888. The molecule has 116 valence electrons. The Morgan fingerprint density at radius 2 is 1.73 bits per heavy atom. The van der Waals surface area contributed by atoms with Gasteiger partial charge in [-0.2, -0.15) is 0 Å². The number of hydrogen-bond acceptors (Lipinski definition) is 4. The van der Waals surface area contributed by atoms with E-state index in [2.05, 4.69) is 15.0 Å². The number of pyridine rings is 1. The molecule has 22 heavy (non-hydrogen) atoms. The van der Waals surface area contributed by atoms with Gasteiger partial charge in [-0.3, -0.25) is 4.72 Å². The number of sulfonamides is 1. The van der Waals surface area contributed by atoms with Crippen LogP contribution >= 0.6 is 0 Å². The van der Waals surface area contributed by atoms with E-state index < -0.39 is 10.0 Å². The largest absolute Gasteiger partial charge is 0.381 e. The topological polar surface area (TPSA) is 71.1 Å². The summed E-state index contributed by atoms with van der Waals surface area (Å²) < 4.78 is 26.9. The third-order valence-electron chi connectivity index (χ3n) is 3.78. The fourth-order valence-corrected chi connectivity index (χ4v) is 3.67. The standard InChI is InChI=1S/C16H19N3O2S/c20-22(21,15-8-2-1-3-9-15)19-16-11-10-14(12-17-16)18-13-6-4-5-7-13/h1-3,8-13,18H,4-7H2,(H,17,19). The van der Waals surface area contributed by atoms with Gasteiger partial charge in [-0.05, 0) is 37.1 Å². The molecule has 0 unspecified atom stereocenters. The van der Waals surface area contributed by atoms with Gasteiger partial charge in [0.25, 0.3) is 10.0 Å². The summed E-state index contributed by atoms with van der Waals surface area (Å²) >= 11 is 0. The minimum atomic E-state index is -3.58. The highest BCUT2D eigenvalue weighted by Gasteiger charge is 2.16. The highest BCUT2D eigenvalue weighted by Crippen LogP contribution is 2.22. The molecular formula is C16H19N3O2S. The number of hydrogen-bond donors (Lipinski definition) is 2. The lowest BCUT2D eigenvalue weighted by Gasteiger charge is -2.13. The Morgan fingerprint density at radius 3 is 2.36 bits per heavy atom. The van der Waals surface area contributed by atoms with Crippen LogP contribution in [0.5, 0.6) is 0 Å². The van der Waals surface area contributed by atoms with Gasteiger partial charge in [0.1, 0.15) is 5.82 Å². The molecule has 1 saturated carbocycles. The van der Waals surface area contributed by atoms with Crippen LogP contribution < -0.4 is 10.0 Å². The molecule has 1 aliphatic carbocycles. The lowest BCUT2D eigenvalue weighted by Crippen LogP contribution is -2.16. The van der Waals surface area contributed by atoms with Crippen LogP contribution in [-0.2, 0) is 10.0 Å². The highest BCUT2D eigenvalue weighted by atomic mass is 32.2. The lowest BCUT2D eigenvalue weighted by atomic mass is 10.2. The molecule has 6 heteroatoms. The van der Waals surface area contributed by atoms with Crippen molar-refractivity contribution in [3.63, 3.8) is 0 Å². The molecule has 1 aromatic heterocycles. The van der Waals surface area contributed by atoms with Gasteiger partial charge in [0.15, 0.2) is 0 Å². The number of rotatable bonds is 5. The van der Waals surface area contributed by atoms with Crippen LogP contribution in [0.4, 0.5) is 11.5 Å². The zero-order valence-corrected chi connectivity index (χ0v) is 13.0. The van der Waals surface area contributed by atoms with E-state index in [-0.39, 0.29) is 4.90 Å². The Morgan fingerprint density at radius 1 is 1.00 bits per heavy atom. The van der Waals surface area contributed by atoms with E-state index in [1.807, 2.05) is 6.07 Å². The molecule has 0 bridgehead atoms. The predicted octanol–water partition coefficient (Wildman–Crippen LogP) is 3.24. The molecule has 2 N–H and O–H groups in total. The third kappa shape index (κ3) is 3.57. The van der Waals surface area contributed by atoms with Crippen molar-refractivity contribution in [2.75, 3.05) is 10.0 Å². The van der Waals surface area contributed by atoms with Crippen molar-refractivity contribution in [3.8, 4) is 0 Å². The van der Waals surface area contributed by atoms with Crippen molar-refractivity contribution < 1.29 is 8.42 Å². The molecule has 0 amide bonds. The first-order valence-corrected chi connectivity index (χ1v) is 8.92. The van der Waals surface area contributed by atoms with E-state index in [0.29, 0.717) is 11.9 Å². The molecule has 2 aromatic rings. The fourth-order valence-electron chi connectivity index (χ4n) is 2.64. The predicted molar refractivity (Wildman–Crippen MR) is 87.4 cm³/mol. The Bertz CT molecular complexity index is 709. The smallest absolute Gasteiger partial charge is 0.263 e. The van der Waals surface area contributed by atoms with Crippen molar-refractivity contribution in [1.82, 2.24) is 4.98 Å². The van der Waals surface area contributed by atoms with Crippen LogP contribution in [0.1, 0.15) is 25.7 Å². The Balaban J connectivity index is 1.68. The maximum atomic E-state index is 12.2. The molecule has 1 heterocycles. The second kappa shape index (κ2) is 6.36. The number of aromatic nitrogens is 1. The van der Waals surface area contributed by atoms with Gasteiger partial charge in [0.2, 0.25) is 0 Å². The molecule has 0 saturated heterocycles. The van der Waals surface area contributed by atoms with Crippen LogP contribution in [0.3, 0.4) is 0 Å². The van der Waals surface area contributed by atoms with Crippen molar-refractivity contribution in [2.24, 2.45) is 0 Å². The fraction of sp³-hybridized carbons (Fsp3) is 0.312. The van der Waals surface area contributed by atoms with E-state index in [1.165, 1.54) is 25.7 Å². The first-order chi connectivity index (χ1) is 10.6. The zero-order valence-electron chi connectivity index (χ0n) is 12.2. The molecule has 3 rings (SSSR count). The van der Waals surface area contributed by atoms with Crippen molar-refractivity contribution in [3.05, 3.63) is 48.7 Å². The van der Waals surface area contributed by atoms with E-state index in [9.17, 15) is 8.42 Å². The van der Waals surface area contributed by atoms with E-state index in [0.717, 1.165) is 5.69 Å². The summed E-state index contributed by atoms with van der Waals surface area (Å²) in [5, 5.41) is 3.42. The second-order valence-electron chi connectivity index (χ2n) is 5.48. The van der Waals surface area contributed by atoms with Crippen molar-refractivity contribution in [1.29, 1.82) is 0 Å². The Labute approximate surface area is 130 Å². The monoisotopic (exact) mass is 317 g/mol. The average molecular weight is 317 g/mol. The van der Waals surface area contributed by atoms with Crippen LogP contribution in [0.15, 0.2) is 53.6 Å². The lowest BCUT2D eigenvalue weighted by molar-refractivity contribution is 0.601. The number of benzene rings is 1. The van der Waals surface area contributed by atoms with Gasteiger partial charge in [0.05, 0.1) is 16.8 Å². The Hall–Kier alpha value is -2.08. The molecule has 1 aromatic carbocycles. The van der Waals surface area contributed by atoms with Crippen LogP contribution in [-0.4, -0.2) is 19.4 Å². The van der Waals surface area contributed by atoms with Crippen molar-refractivity contribution >= 4 is 21.5 Å². The van der Waals surface area contributed by atoms with Gasteiger partial charge in [0, 0.05) is 6.04 Å². The van der Waals surface area contributed by atoms with Crippen LogP contribution in [0.25, 0.3) is 0 Å². The van der Waals surface area contributed by atoms with E-state index in [1.54, 1.807) is 42.6 Å². The normalized spacial score (nSPS) is 15.6. The highest BCUT2D eigenvalue weighted by molar-refractivity contribution is 7.92. The molecule has 0 atom stereocenters. The second-order valence-corrected chi connectivity index (χ2v) is 7.16. The molecule has 5 nitrogen and oxygen atoms in total. The van der Waals surface area contributed by atoms with E-state index in [4.69, 9.17) is 0 Å². The van der Waals surface area contributed by atoms with E-state index >= 15 is 0 Å². The van der Waals surface area contributed by atoms with Crippen molar-refractivity contribution in [2.45, 2.75) is 36.6 Å².